The first-order valence-corrected chi connectivity index (χ1v) is 6.87. The maximum atomic E-state index is 12.6. The fourth-order valence-corrected chi connectivity index (χ4v) is 2.61. The number of hydrogen-bond donors (Lipinski definition) is 2. The highest BCUT2D eigenvalue weighted by Gasteiger charge is 2.26. The first-order chi connectivity index (χ1) is 9.77. The quantitative estimate of drug-likeness (QED) is 0.898. The van der Waals surface area contributed by atoms with Gasteiger partial charge in [0.1, 0.15) is 0 Å². The van der Waals surface area contributed by atoms with E-state index in [1.54, 1.807) is 18.1 Å². The second-order valence-electron chi connectivity index (χ2n) is 5.05. The van der Waals surface area contributed by atoms with Crippen LogP contribution in [-0.4, -0.2) is 29.7 Å². The fourth-order valence-electron chi connectivity index (χ4n) is 2.61. The zero-order valence-electron chi connectivity index (χ0n) is 11.5. The molecule has 0 saturated carbocycles. The second kappa shape index (κ2) is 5.46. The maximum absolute atomic E-state index is 12.6. The Labute approximate surface area is 118 Å². The molecule has 0 bridgehead atoms. The van der Waals surface area contributed by atoms with E-state index in [0.29, 0.717) is 5.56 Å². The molecule has 2 N–H and O–H groups in total. The summed E-state index contributed by atoms with van der Waals surface area (Å²) in [6.45, 7) is 0.992. The summed E-state index contributed by atoms with van der Waals surface area (Å²) in [4.78, 5) is 14.3. The average Bonchev–Trinajstić information content (AvgIpc) is 3.16. The molecule has 1 aliphatic rings. The Hall–Kier alpha value is -2.14. The zero-order chi connectivity index (χ0) is 13.9. The number of amides is 1. The molecular formula is C15H18N4O. The lowest BCUT2D eigenvalue weighted by Crippen LogP contribution is -2.28. The molecule has 1 atom stereocenters. The van der Waals surface area contributed by atoms with Gasteiger partial charge in [-0.15, -0.1) is 0 Å². The Balaban J connectivity index is 1.86. The fraction of sp³-hybridized carbons (Fsp3) is 0.333. The van der Waals surface area contributed by atoms with E-state index in [1.807, 2.05) is 30.3 Å². The summed E-state index contributed by atoms with van der Waals surface area (Å²) >= 11 is 0. The topological polar surface area (TPSA) is 61.0 Å². The van der Waals surface area contributed by atoms with E-state index in [4.69, 9.17) is 0 Å². The molecule has 1 fully saturated rings. The molecule has 1 aromatic carbocycles. The standard InChI is InChI=1S/C15H18N4O/c1-19(11-6-3-2-4-7-11)15(20)12-10-17-18-14(12)13-8-5-9-16-13/h2-4,6-7,10,13,16H,5,8-9H2,1H3,(H,17,18). The minimum Gasteiger partial charge on any atom is -0.311 e. The third-order valence-corrected chi connectivity index (χ3v) is 3.76. The number of hydrogen-bond acceptors (Lipinski definition) is 3. The van der Waals surface area contributed by atoms with E-state index in [-0.39, 0.29) is 11.9 Å². The molecule has 5 heteroatoms. The molecule has 1 amide bonds. The van der Waals surface area contributed by atoms with E-state index in [9.17, 15) is 4.79 Å². The first kappa shape index (κ1) is 12.9. The largest absolute Gasteiger partial charge is 0.311 e. The predicted molar refractivity (Wildman–Crippen MR) is 77.7 cm³/mol. The van der Waals surface area contributed by atoms with Crippen LogP contribution in [0.2, 0.25) is 0 Å². The van der Waals surface area contributed by atoms with E-state index in [0.717, 1.165) is 30.8 Å². The van der Waals surface area contributed by atoms with Crippen molar-refractivity contribution in [1.82, 2.24) is 15.5 Å². The van der Waals surface area contributed by atoms with Gasteiger partial charge in [0.25, 0.3) is 5.91 Å². The lowest BCUT2D eigenvalue weighted by atomic mass is 10.1. The number of nitrogens with zero attached hydrogens (tertiary/aromatic N) is 2. The van der Waals surface area contributed by atoms with Crippen molar-refractivity contribution in [3.63, 3.8) is 0 Å². The van der Waals surface area contributed by atoms with Gasteiger partial charge in [0.2, 0.25) is 0 Å². The molecule has 1 aromatic heterocycles. The summed E-state index contributed by atoms with van der Waals surface area (Å²) < 4.78 is 0. The van der Waals surface area contributed by atoms with Crippen molar-refractivity contribution in [3.8, 4) is 0 Å². The highest BCUT2D eigenvalue weighted by atomic mass is 16.2. The van der Waals surface area contributed by atoms with Crippen LogP contribution in [0.3, 0.4) is 0 Å². The minimum absolute atomic E-state index is 0.0337. The summed E-state index contributed by atoms with van der Waals surface area (Å²) in [6.07, 6.45) is 3.79. The van der Waals surface area contributed by atoms with Crippen LogP contribution in [0.4, 0.5) is 5.69 Å². The van der Waals surface area contributed by atoms with Gasteiger partial charge in [-0.2, -0.15) is 5.10 Å². The number of benzene rings is 1. The van der Waals surface area contributed by atoms with Crippen molar-refractivity contribution in [1.29, 1.82) is 0 Å². The Morgan fingerprint density at radius 2 is 2.15 bits per heavy atom. The van der Waals surface area contributed by atoms with Gasteiger partial charge in [-0.05, 0) is 31.5 Å². The smallest absolute Gasteiger partial charge is 0.261 e. The molecule has 0 radical (unpaired) electrons. The summed E-state index contributed by atoms with van der Waals surface area (Å²) in [5.74, 6) is -0.0337. The van der Waals surface area contributed by atoms with Gasteiger partial charge in [0.15, 0.2) is 0 Å². The van der Waals surface area contributed by atoms with Gasteiger partial charge in [-0.25, -0.2) is 0 Å². The van der Waals surface area contributed by atoms with Crippen LogP contribution < -0.4 is 10.2 Å². The summed E-state index contributed by atoms with van der Waals surface area (Å²) in [5.41, 5.74) is 2.43. The van der Waals surface area contributed by atoms with Gasteiger partial charge >= 0.3 is 0 Å². The molecule has 1 unspecified atom stereocenters. The van der Waals surface area contributed by atoms with Crippen molar-refractivity contribution in [2.24, 2.45) is 0 Å². The maximum Gasteiger partial charge on any atom is 0.261 e. The van der Waals surface area contributed by atoms with E-state index in [2.05, 4.69) is 15.5 Å². The molecule has 0 spiro atoms. The lowest BCUT2D eigenvalue weighted by Gasteiger charge is -2.18. The molecule has 5 nitrogen and oxygen atoms in total. The van der Waals surface area contributed by atoms with Crippen molar-refractivity contribution in [3.05, 3.63) is 47.8 Å². The third-order valence-electron chi connectivity index (χ3n) is 3.76. The van der Waals surface area contributed by atoms with Gasteiger partial charge in [-0.1, -0.05) is 18.2 Å². The molecule has 1 aliphatic heterocycles. The lowest BCUT2D eigenvalue weighted by molar-refractivity contribution is 0.0991. The molecule has 2 heterocycles. The number of nitrogens with one attached hydrogen (secondary N) is 2. The number of aromatic nitrogens is 2. The van der Waals surface area contributed by atoms with Crippen molar-refractivity contribution in [2.45, 2.75) is 18.9 Å². The molecule has 1 saturated heterocycles. The minimum atomic E-state index is -0.0337. The third kappa shape index (κ3) is 2.32. The first-order valence-electron chi connectivity index (χ1n) is 6.87. The Kier molecular flexibility index (Phi) is 3.52. The Bertz CT molecular complexity index is 587. The van der Waals surface area contributed by atoms with Crippen molar-refractivity contribution >= 4 is 11.6 Å². The summed E-state index contributed by atoms with van der Waals surface area (Å²) in [6, 6.07) is 9.84. The molecule has 0 aliphatic carbocycles. The average molecular weight is 270 g/mol. The molecular weight excluding hydrogens is 252 g/mol. The van der Waals surface area contributed by atoms with Crippen LogP contribution >= 0.6 is 0 Å². The number of rotatable bonds is 3. The van der Waals surface area contributed by atoms with Gasteiger partial charge in [-0.3, -0.25) is 9.89 Å². The van der Waals surface area contributed by atoms with Crippen molar-refractivity contribution < 1.29 is 4.79 Å². The molecule has 3 rings (SSSR count). The van der Waals surface area contributed by atoms with Crippen LogP contribution in [0.25, 0.3) is 0 Å². The SMILES string of the molecule is CN(C(=O)c1cn[nH]c1C1CCCN1)c1ccccc1. The number of H-pyrrole nitrogens is 1. The van der Waals surface area contributed by atoms with Gasteiger partial charge in [0.05, 0.1) is 17.5 Å². The second-order valence-corrected chi connectivity index (χ2v) is 5.05. The summed E-state index contributed by atoms with van der Waals surface area (Å²) in [5, 5.41) is 10.4. The van der Waals surface area contributed by atoms with Crippen LogP contribution in [0.5, 0.6) is 0 Å². The number of carbonyl (C=O) groups is 1. The Morgan fingerprint density at radius 1 is 1.35 bits per heavy atom. The zero-order valence-corrected chi connectivity index (χ0v) is 11.5. The highest BCUT2D eigenvalue weighted by molar-refractivity contribution is 6.06. The van der Waals surface area contributed by atoms with Gasteiger partial charge in [0, 0.05) is 18.8 Å². The van der Waals surface area contributed by atoms with Gasteiger partial charge < -0.3 is 10.2 Å². The molecule has 20 heavy (non-hydrogen) atoms. The number of para-hydroxylation sites is 1. The number of anilines is 1. The van der Waals surface area contributed by atoms with E-state index >= 15 is 0 Å². The molecule has 2 aromatic rings. The van der Waals surface area contributed by atoms with Crippen LogP contribution in [0, 0.1) is 0 Å². The number of aromatic amines is 1. The normalized spacial score (nSPS) is 18.1. The monoisotopic (exact) mass is 270 g/mol. The Morgan fingerprint density at radius 3 is 2.85 bits per heavy atom. The predicted octanol–water partition coefficient (Wildman–Crippen LogP) is 2.11. The highest BCUT2D eigenvalue weighted by Crippen LogP contribution is 2.25. The number of carbonyl (C=O) groups excluding carboxylic acids is 1. The summed E-state index contributed by atoms with van der Waals surface area (Å²) in [7, 11) is 1.79. The van der Waals surface area contributed by atoms with Crippen LogP contribution in [0.15, 0.2) is 36.5 Å². The van der Waals surface area contributed by atoms with E-state index in [1.165, 1.54) is 0 Å². The van der Waals surface area contributed by atoms with E-state index < -0.39 is 0 Å². The molecule has 104 valence electrons. The van der Waals surface area contributed by atoms with Crippen LogP contribution in [0.1, 0.15) is 34.9 Å². The van der Waals surface area contributed by atoms with Crippen molar-refractivity contribution in [2.75, 3.05) is 18.5 Å². The van der Waals surface area contributed by atoms with Crippen LogP contribution in [-0.2, 0) is 0 Å².